The number of carbonyl (C=O) groups is 1. The molecule has 1 aliphatic heterocycles. The second-order valence-corrected chi connectivity index (χ2v) is 4.94. The average Bonchev–Trinajstić information content (AvgIpc) is 2.77. The van der Waals surface area contributed by atoms with Gasteiger partial charge in [-0.15, -0.1) is 0 Å². The van der Waals surface area contributed by atoms with Crippen molar-refractivity contribution < 1.29 is 14.6 Å². The highest BCUT2D eigenvalue weighted by Gasteiger charge is 2.32. The van der Waals surface area contributed by atoms with E-state index in [4.69, 9.17) is 9.84 Å². The van der Waals surface area contributed by atoms with Crippen LogP contribution in [-0.4, -0.2) is 24.7 Å². The monoisotopic (exact) mass is 299 g/mol. The first kappa shape index (κ1) is 12.4. The molecule has 0 amide bonds. The molecule has 2 atom stereocenters. The molecular weight excluding hydrogens is 286 g/mol. The Morgan fingerprint density at radius 3 is 2.94 bits per heavy atom. The predicted octanol–water partition coefficient (Wildman–Crippen LogP) is 2.19. The lowest BCUT2D eigenvalue weighted by Crippen LogP contribution is -2.17. The highest BCUT2D eigenvalue weighted by Crippen LogP contribution is 2.37. The number of rotatable bonds is 3. The van der Waals surface area contributed by atoms with Crippen molar-refractivity contribution >= 4 is 21.9 Å². The first-order valence-electron chi connectivity index (χ1n) is 5.42. The fourth-order valence-electron chi connectivity index (χ4n) is 2.18. The van der Waals surface area contributed by atoms with E-state index in [-0.39, 0.29) is 12.0 Å². The molecule has 0 aromatic heterocycles. The van der Waals surface area contributed by atoms with Gasteiger partial charge in [0.1, 0.15) is 5.75 Å². The molecule has 2 N–H and O–H groups in total. The molecule has 0 aliphatic carbocycles. The smallest absolute Gasteiger partial charge is 0.307 e. The lowest BCUT2D eigenvalue weighted by Gasteiger charge is -2.16. The van der Waals surface area contributed by atoms with Gasteiger partial charge in [0.25, 0.3) is 0 Å². The van der Waals surface area contributed by atoms with E-state index in [1.165, 1.54) is 0 Å². The van der Waals surface area contributed by atoms with E-state index in [9.17, 15) is 4.79 Å². The van der Waals surface area contributed by atoms with E-state index in [2.05, 4.69) is 21.2 Å². The largest absolute Gasteiger partial charge is 0.496 e. The molecule has 1 saturated heterocycles. The van der Waals surface area contributed by atoms with Gasteiger partial charge in [0.15, 0.2) is 0 Å². The van der Waals surface area contributed by atoms with Gasteiger partial charge in [-0.05, 0) is 18.6 Å². The summed E-state index contributed by atoms with van der Waals surface area (Å²) in [5.74, 6) is -0.286. The fourth-order valence-corrected chi connectivity index (χ4v) is 2.80. The Bertz CT molecular complexity index is 436. The van der Waals surface area contributed by atoms with Crippen molar-refractivity contribution in [2.24, 2.45) is 5.92 Å². The summed E-state index contributed by atoms with van der Waals surface area (Å²) >= 11 is 3.49. The zero-order valence-corrected chi connectivity index (χ0v) is 11.0. The fraction of sp³-hybridized carbons (Fsp3) is 0.417. The van der Waals surface area contributed by atoms with E-state index >= 15 is 0 Å². The van der Waals surface area contributed by atoms with Crippen LogP contribution in [0.2, 0.25) is 0 Å². The maximum Gasteiger partial charge on any atom is 0.307 e. The number of benzene rings is 1. The molecule has 1 aliphatic rings. The van der Waals surface area contributed by atoms with Crippen LogP contribution in [-0.2, 0) is 4.79 Å². The minimum absolute atomic E-state index is 0.0293. The lowest BCUT2D eigenvalue weighted by molar-refractivity contribution is -0.141. The lowest BCUT2D eigenvalue weighted by atomic mass is 9.99. The van der Waals surface area contributed by atoms with Gasteiger partial charge in [0.05, 0.1) is 13.0 Å². The molecule has 0 spiro atoms. The number of ether oxygens (including phenoxy) is 1. The Hall–Kier alpha value is -1.07. The maximum atomic E-state index is 10.9. The molecule has 92 valence electrons. The van der Waals surface area contributed by atoms with Crippen LogP contribution in [0.3, 0.4) is 0 Å². The summed E-state index contributed by atoms with van der Waals surface area (Å²) in [7, 11) is 1.62. The van der Waals surface area contributed by atoms with Crippen LogP contribution in [0.4, 0.5) is 0 Å². The molecule has 0 saturated carbocycles. The van der Waals surface area contributed by atoms with E-state index in [1.54, 1.807) is 7.11 Å². The van der Waals surface area contributed by atoms with Crippen molar-refractivity contribution in [2.45, 2.75) is 12.5 Å². The van der Waals surface area contributed by atoms with Crippen LogP contribution >= 0.6 is 15.9 Å². The van der Waals surface area contributed by atoms with Crippen LogP contribution in [0.1, 0.15) is 18.0 Å². The molecule has 4 nitrogen and oxygen atoms in total. The molecule has 0 radical (unpaired) electrons. The highest BCUT2D eigenvalue weighted by molar-refractivity contribution is 9.10. The van der Waals surface area contributed by atoms with Gasteiger partial charge in [-0.1, -0.05) is 22.0 Å². The Kier molecular flexibility index (Phi) is 3.69. The summed E-state index contributed by atoms with van der Waals surface area (Å²) in [6.07, 6.45) is 0.592. The van der Waals surface area contributed by atoms with Crippen molar-refractivity contribution in [3.8, 4) is 5.75 Å². The van der Waals surface area contributed by atoms with Crippen LogP contribution in [0.15, 0.2) is 22.7 Å². The number of carboxylic acids is 1. The topological polar surface area (TPSA) is 58.6 Å². The number of hydrogen-bond donors (Lipinski definition) is 2. The summed E-state index contributed by atoms with van der Waals surface area (Å²) in [4.78, 5) is 10.9. The minimum Gasteiger partial charge on any atom is -0.496 e. The van der Waals surface area contributed by atoms with Crippen molar-refractivity contribution in [3.63, 3.8) is 0 Å². The Morgan fingerprint density at radius 2 is 2.35 bits per heavy atom. The van der Waals surface area contributed by atoms with Gasteiger partial charge < -0.3 is 15.2 Å². The number of carboxylic acid groups (broad SMARTS) is 1. The van der Waals surface area contributed by atoms with Gasteiger partial charge in [-0.2, -0.15) is 0 Å². The number of methoxy groups -OCH3 is 1. The zero-order chi connectivity index (χ0) is 12.4. The maximum absolute atomic E-state index is 10.9. The number of hydrogen-bond acceptors (Lipinski definition) is 3. The number of aliphatic carboxylic acids is 1. The normalized spacial score (nSPS) is 23.6. The average molecular weight is 300 g/mol. The van der Waals surface area contributed by atoms with Crippen LogP contribution in [0.5, 0.6) is 5.75 Å². The summed E-state index contributed by atoms with van der Waals surface area (Å²) < 4.78 is 6.26. The molecule has 2 rings (SSSR count). The zero-order valence-electron chi connectivity index (χ0n) is 9.44. The van der Waals surface area contributed by atoms with E-state index in [1.807, 2.05) is 18.2 Å². The Balaban J connectivity index is 2.26. The summed E-state index contributed by atoms with van der Waals surface area (Å²) in [6, 6.07) is 5.75. The SMILES string of the molecule is COc1cccc(Br)c1C1CC(C(=O)O)CN1. The summed E-state index contributed by atoms with van der Waals surface area (Å²) in [5, 5.41) is 12.2. The van der Waals surface area contributed by atoms with Gasteiger partial charge in [-0.3, -0.25) is 4.79 Å². The van der Waals surface area contributed by atoms with E-state index < -0.39 is 5.97 Å². The van der Waals surface area contributed by atoms with Gasteiger partial charge in [0, 0.05) is 22.6 Å². The highest BCUT2D eigenvalue weighted by atomic mass is 79.9. The van der Waals surface area contributed by atoms with E-state index in [0.29, 0.717) is 13.0 Å². The van der Waals surface area contributed by atoms with E-state index in [0.717, 1.165) is 15.8 Å². The number of nitrogens with one attached hydrogen (secondary N) is 1. The molecule has 1 heterocycles. The molecule has 1 aromatic carbocycles. The summed E-state index contributed by atoms with van der Waals surface area (Å²) in [5.41, 5.74) is 0.999. The predicted molar refractivity (Wildman–Crippen MR) is 67.2 cm³/mol. The van der Waals surface area contributed by atoms with Crippen molar-refractivity contribution in [2.75, 3.05) is 13.7 Å². The van der Waals surface area contributed by atoms with Gasteiger partial charge in [-0.25, -0.2) is 0 Å². The van der Waals surface area contributed by atoms with Crippen molar-refractivity contribution in [1.82, 2.24) is 5.32 Å². The first-order valence-corrected chi connectivity index (χ1v) is 6.21. The molecule has 17 heavy (non-hydrogen) atoms. The minimum atomic E-state index is -0.744. The van der Waals surface area contributed by atoms with Crippen LogP contribution in [0.25, 0.3) is 0 Å². The molecular formula is C12H14BrNO3. The first-order chi connectivity index (χ1) is 8.13. The Morgan fingerprint density at radius 1 is 1.59 bits per heavy atom. The quantitative estimate of drug-likeness (QED) is 0.898. The molecule has 5 heteroatoms. The molecule has 0 bridgehead atoms. The standard InChI is InChI=1S/C12H14BrNO3/c1-17-10-4-2-3-8(13)11(10)9-5-7(6-14-9)12(15)16/h2-4,7,9,14H,5-6H2,1H3,(H,15,16). The second-order valence-electron chi connectivity index (χ2n) is 4.09. The molecule has 1 aromatic rings. The third-order valence-electron chi connectivity index (χ3n) is 3.06. The summed E-state index contributed by atoms with van der Waals surface area (Å²) in [6.45, 7) is 0.504. The van der Waals surface area contributed by atoms with Crippen molar-refractivity contribution in [3.05, 3.63) is 28.2 Å². The van der Waals surface area contributed by atoms with Crippen LogP contribution < -0.4 is 10.1 Å². The third kappa shape index (κ3) is 2.45. The second kappa shape index (κ2) is 5.06. The van der Waals surface area contributed by atoms with Gasteiger partial charge >= 0.3 is 5.97 Å². The van der Waals surface area contributed by atoms with Gasteiger partial charge in [0.2, 0.25) is 0 Å². The number of halogens is 1. The Labute approximate surface area is 108 Å². The van der Waals surface area contributed by atoms with Crippen LogP contribution in [0, 0.1) is 5.92 Å². The third-order valence-corrected chi connectivity index (χ3v) is 3.75. The molecule has 1 fully saturated rings. The van der Waals surface area contributed by atoms with Crippen molar-refractivity contribution in [1.29, 1.82) is 0 Å². The molecule has 2 unspecified atom stereocenters.